The highest BCUT2D eigenvalue weighted by Gasteiger charge is 2.12. The van der Waals surface area contributed by atoms with Gasteiger partial charge in [-0.1, -0.05) is 24.2 Å². The Balaban J connectivity index is 1.54. The molecule has 1 amide bonds. The molecule has 0 atom stereocenters. The van der Waals surface area contributed by atoms with Gasteiger partial charge in [-0.15, -0.1) is 0 Å². The second-order valence-corrected chi connectivity index (χ2v) is 6.88. The SMILES string of the molecule is CCCn1c(=O)[nH]c2cc(-c3noc(Cc4ccc(NC(C)=O)cc4)n3)ccc21. The van der Waals surface area contributed by atoms with Crippen LogP contribution in [0.2, 0.25) is 0 Å². The highest BCUT2D eigenvalue weighted by atomic mass is 16.5. The van der Waals surface area contributed by atoms with Crippen LogP contribution in [0.15, 0.2) is 51.8 Å². The van der Waals surface area contributed by atoms with Crippen LogP contribution in [0.5, 0.6) is 0 Å². The minimum atomic E-state index is -0.115. The summed E-state index contributed by atoms with van der Waals surface area (Å²) in [6.07, 6.45) is 1.37. The third kappa shape index (κ3) is 3.96. The first-order chi connectivity index (χ1) is 14.0. The van der Waals surface area contributed by atoms with Crippen LogP contribution in [0.4, 0.5) is 5.69 Å². The van der Waals surface area contributed by atoms with Crippen molar-refractivity contribution in [2.75, 3.05) is 5.32 Å². The number of carbonyl (C=O) groups excluding carboxylic acids is 1. The van der Waals surface area contributed by atoms with Crippen molar-refractivity contribution in [3.63, 3.8) is 0 Å². The minimum Gasteiger partial charge on any atom is -0.339 e. The number of benzene rings is 2. The lowest BCUT2D eigenvalue weighted by Crippen LogP contribution is -2.16. The standard InChI is InChI=1S/C21H21N5O3/c1-3-10-26-18-9-6-15(12-17(18)23-21(26)28)20-24-19(29-25-20)11-14-4-7-16(8-5-14)22-13(2)27/h4-9,12H,3,10-11H2,1-2H3,(H,22,27)(H,23,28). The Hall–Kier alpha value is -3.68. The van der Waals surface area contributed by atoms with Crippen molar-refractivity contribution in [1.82, 2.24) is 19.7 Å². The molecular weight excluding hydrogens is 370 g/mol. The minimum absolute atomic E-state index is 0.109. The van der Waals surface area contributed by atoms with Gasteiger partial charge in [-0.3, -0.25) is 9.36 Å². The van der Waals surface area contributed by atoms with Gasteiger partial charge in [-0.25, -0.2) is 4.79 Å². The Morgan fingerprint density at radius 2 is 2.00 bits per heavy atom. The summed E-state index contributed by atoms with van der Waals surface area (Å²) in [6.45, 7) is 4.18. The molecule has 0 spiro atoms. The molecule has 2 N–H and O–H groups in total. The molecule has 0 bridgehead atoms. The van der Waals surface area contributed by atoms with E-state index in [2.05, 4.69) is 20.4 Å². The summed E-state index contributed by atoms with van der Waals surface area (Å²) in [4.78, 5) is 30.5. The summed E-state index contributed by atoms with van der Waals surface area (Å²) < 4.78 is 7.12. The van der Waals surface area contributed by atoms with E-state index >= 15 is 0 Å². The molecule has 2 aromatic heterocycles. The second kappa shape index (κ2) is 7.75. The van der Waals surface area contributed by atoms with E-state index in [1.54, 1.807) is 4.57 Å². The summed E-state index contributed by atoms with van der Waals surface area (Å²) in [5.74, 6) is 0.855. The number of imidazole rings is 1. The van der Waals surface area contributed by atoms with E-state index in [0.29, 0.717) is 24.7 Å². The van der Waals surface area contributed by atoms with Gasteiger partial charge in [0.15, 0.2) is 0 Å². The average molecular weight is 391 g/mol. The Bertz CT molecular complexity index is 1220. The van der Waals surface area contributed by atoms with Gasteiger partial charge < -0.3 is 14.8 Å². The zero-order valence-electron chi connectivity index (χ0n) is 16.2. The Morgan fingerprint density at radius 1 is 1.21 bits per heavy atom. The molecule has 0 saturated carbocycles. The summed E-state index contributed by atoms with van der Waals surface area (Å²) in [7, 11) is 0. The van der Waals surface area contributed by atoms with E-state index in [1.807, 2.05) is 49.4 Å². The number of hydrogen-bond donors (Lipinski definition) is 2. The van der Waals surface area contributed by atoms with Crippen LogP contribution in [0.1, 0.15) is 31.7 Å². The van der Waals surface area contributed by atoms with Crippen molar-refractivity contribution < 1.29 is 9.32 Å². The molecule has 0 aliphatic heterocycles. The van der Waals surface area contributed by atoms with Gasteiger partial charge in [0.2, 0.25) is 17.6 Å². The van der Waals surface area contributed by atoms with Gasteiger partial charge in [-0.2, -0.15) is 4.98 Å². The molecule has 0 aliphatic rings. The van der Waals surface area contributed by atoms with Crippen LogP contribution in [0, 0.1) is 0 Å². The smallest absolute Gasteiger partial charge is 0.326 e. The summed E-state index contributed by atoms with van der Waals surface area (Å²) in [5.41, 5.74) is 4.01. The Kier molecular flexibility index (Phi) is 4.99. The number of aromatic nitrogens is 4. The molecule has 8 nitrogen and oxygen atoms in total. The summed E-state index contributed by atoms with van der Waals surface area (Å²) in [6, 6.07) is 13.1. The first kappa shape index (κ1) is 18.7. The molecule has 0 fully saturated rings. The van der Waals surface area contributed by atoms with Crippen LogP contribution in [0.3, 0.4) is 0 Å². The van der Waals surface area contributed by atoms with Crippen LogP contribution in [-0.4, -0.2) is 25.6 Å². The van der Waals surface area contributed by atoms with Crippen molar-refractivity contribution >= 4 is 22.6 Å². The molecule has 4 aromatic rings. The number of H-pyrrole nitrogens is 1. The predicted octanol–water partition coefficient (Wildman–Crippen LogP) is 3.34. The maximum absolute atomic E-state index is 12.1. The van der Waals surface area contributed by atoms with E-state index in [0.717, 1.165) is 34.3 Å². The summed E-state index contributed by atoms with van der Waals surface area (Å²) in [5, 5.41) is 6.80. The molecule has 4 rings (SSSR count). The highest BCUT2D eigenvalue weighted by molar-refractivity contribution is 5.88. The molecule has 8 heteroatoms. The van der Waals surface area contributed by atoms with E-state index in [-0.39, 0.29) is 11.6 Å². The lowest BCUT2D eigenvalue weighted by atomic mass is 10.1. The van der Waals surface area contributed by atoms with Gasteiger partial charge >= 0.3 is 5.69 Å². The van der Waals surface area contributed by atoms with E-state index in [4.69, 9.17) is 4.52 Å². The van der Waals surface area contributed by atoms with Gasteiger partial charge in [0, 0.05) is 24.7 Å². The molecule has 148 valence electrons. The Labute approximate surface area is 166 Å². The molecule has 29 heavy (non-hydrogen) atoms. The van der Waals surface area contributed by atoms with Crippen molar-refractivity contribution in [2.45, 2.75) is 33.2 Å². The van der Waals surface area contributed by atoms with Gasteiger partial charge in [0.25, 0.3) is 0 Å². The fraction of sp³-hybridized carbons (Fsp3) is 0.238. The molecule has 2 aromatic carbocycles. The number of aromatic amines is 1. The van der Waals surface area contributed by atoms with Crippen molar-refractivity contribution in [1.29, 1.82) is 0 Å². The van der Waals surface area contributed by atoms with Gasteiger partial charge in [0.1, 0.15) is 0 Å². The number of hydrogen-bond acceptors (Lipinski definition) is 5. The van der Waals surface area contributed by atoms with Gasteiger partial charge in [-0.05, 0) is 42.3 Å². The van der Waals surface area contributed by atoms with Crippen molar-refractivity contribution in [3.05, 3.63) is 64.4 Å². The largest absolute Gasteiger partial charge is 0.339 e. The lowest BCUT2D eigenvalue weighted by Gasteiger charge is -2.02. The number of carbonyl (C=O) groups is 1. The fourth-order valence-electron chi connectivity index (χ4n) is 3.28. The normalized spacial score (nSPS) is 11.1. The Morgan fingerprint density at radius 3 is 2.72 bits per heavy atom. The zero-order valence-corrected chi connectivity index (χ0v) is 16.2. The molecule has 2 heterocycles. The van der Waals surface area contributed by atoms with Crippen LogP contribution < -0.4 is 11.0 Å². The molecule has 0 saturated heterocycles. The molecule has 0 radical (unpaired) electrons. The van der Waals surface area contributed by atoms with Crippen LogP contribution >= 0.6 is 0 Å². The zero-order chi connectivity index (χ0) is 20.4. The molecule has 0 aliphatic carbocycles. The third-order valence-electron chi connectivity index (χ3n) is 4.58. The van der Waals surface area contributed by atoms with E-state index in [1.165, 1.54) is 6.92 Å². The van der Waals surface area contributed by atoms with E-state index in [9.17, 15) is 9.59 Å². The summed E-state index contributed by atoms with van der Waals surface area (Å²) >= 11 is 0. The monoisotopic (exact) mass is 391 g/mol. The lowest BCUT2D eigenvalue weighted by molar-refractivity contribution is -0.114. The number of nitrogens with zero attached hydrogens (tertiary/aromatic N) is 3. The first-order valence-electron chi connectivity index (χ1n) is 9.45. The predicted molar refractivity (Wildman–Crippen MR) is 110 cm³/mol. The van der Waals surface area contributed by atoms with Crippen molar-refractivity contribution in [3.8, 4) is 11.4 Å². The van der Waals surface area contributed by atoms with Crippen LogP contribution in [0.25, 0.3) is 22.4 Å². The maximum Gasteiger partial charge on any atom is 0.326 e. The highest BCUT2D eigenvalue weighted by Crippen LogP contribution is 2.22. The van der Waals surface area contributed by atoms with Gasteiger partial charge in [0.05, 0.1) is 17.5 Å². The van der Waals surface area contributed by atoms with E-state index < -0.39 is 0 Å². The number of anilines is 1. The average Bonchev–Trinajstić information content (AvgIpc) is 3.27. The number of rotatable bonds is 6. The third-order valence-corrected chi connectivity index (χ3v) is 4.58. The fourth-order valence-corrected chi connectivity index (χ4v) is 3.28. The van der Waals surface area contributed by atoms with Crippen LogP contribution in [-0.2, 0) is 17.8 Å². The molecular formula is C21H21N5O3. The number of nitrogens with one attached hydrogen (secondary N) is 2. The number of fused-ring (bicyclic) bond motifs is 1. The number of aryl methyl sites for hydroxylation is 1. The first-order valence-corrected chi connectivity index (χ1v) is 9.45. The second-order valence-electron chi connectivity index (χ2n) is 6.88. The van der Waals surface area contributed by atoms with Crippen molar-refractivity contribution in [2.24, 2.45) is 0 Å². The molecule has 0 unspecified atom stereocenters. The topological polar surface area (TPSA) is 106 Å². The maximum atomic E-state index is 12.1. The number of amides is 1. The quantitative estimate of drug-likeness (QED) is 0.524.